The smallest absolute Gasteiger partial charge is 0.154 e. The van der Waals surface area contributed by atoms with E-state index in [0.717, 1.165) is 32.3 Å². The quantitative estimate of drug-likeness (QED) is 0.563. The van der Waals surface area contributed by atoms with E-state index in [2.05, 4.69) is 27.2 Å². The summed E-state index contributed by atoms with van der Waals surface area (Å²) in [5.74, 6) is 0.834. The lowest BCUT2D eigenvalue weighted by Gasteiger charge is -2.05. The summed E-state index contributed by atoms with van der Waals surface area (Å²) < 4.78 is 1.87. The number of fused-ring (bicyclic) bond motifs is 1. The van der Waals surface area contributed by atoms with Crippen molar-refractivity contribution in [3.63, 3.8) is 0 Å². The summed E-state index contributed by atoms with van der Waals surface area (Å²) in [4.78, 5) is 11.1. The molecule has 4 nitrogen and oxygen atoms in total. The van der Waals surface area contributed by atoms with Gasteiger partial charge >= 0.3 is 0 Å². The molecule has 21 heavy (non-hydrogen) atoms. The molecule has 0 saturated carbocycles. The first-order valence-corrected chi connectivity index (χ1v) is 7.46. The van der Waals surface area contributed by atoms with Crippen LogP contribution in [0.3, 0.4) is 0 Å². The van der Waals surface area contributed by atoms with E-state index in [1.807, 2.05) is 48.1 Å². The Morgan fingerprint density at radius 1 is 1.05 bits per heavy atom. The van der Waals surface area contributed by atoms with Gasteiger partial charge in [-0.25, -0.2) is 14.6 Å². The number of nitrogens with zero attached hydrogens (tertiary/aromatic N) is 4. The van der Waals surface area contributed by atoms with Gasteiger partial charge in [0.2, 0.25) is 0 Å². The second-order valence-corrected chi connectivity index (χ2v) is 5.80. The van der Waals surface area contributed by atoms with E-state index < -0.39 is 0 Å². The van der Waals surface area contributed by atoms with E-state index in [9.17, 15) is 0 Å². The van der Waals surface area contributed by atoms with Crippen molar-refractivity contribution >= 4 is 21.6 Å². The Balaban J connectivity index is 1.88. The minimum Gasteiger partial charge on any atom is -0.245 e. The Kier molecular flexibility index (Phi) is 2.79. The van der Waals surface area contributed by atoms with Gasteiger partial charge in [-0.3, -0.25) is 0 Å². The first kappa shape index (κ1) is 12.2. The third kappa shape index (κ3) is 2.11. The lowest BCUT2D eigenvalue weighted by molar-refractivity contribution is 0.849. The average Bonchev–Trinajstić information content (AvgIpc) is 3.13. The number of hydrogen-bond acceptors (Lipinski definition) is 4. The highest BCUT2D eigenvalue weighted by atomic mass is 32.1. The molecule has 0 radical (unpaired) electrons. The van der Waals surface area contributed by atoms with Crippen LogP contribution in [0.15, 0.2) is 54.9 Å². The topological polar surface area (TPSA) is 43.6 Å². The van der Waals surface area contributed by atoms with Gasteiger partial charge in [-0.1, -0.05) is 12.1 Å². The van der Waals surface area contributed by atoms with Crippen molar-refractivity contribution in [2.24, 2.45) is 0 Å². The zero-order chi connectivity index (χ0) is 14.2. The molecular weight excluding hydrogens is 280 g/mol. The van der Waals surface area contributed by atoms with Crippen LogP contribution in [-0.4, -0.2) is 19.7 Å². The minimum absolute atomic E-state index is 0.834. The molecule has 0 amide bonds. The van der Waals surface area contributed by atoms with Crippen LogP contribution in [0.4, 0.5) is 0 Å². The summed E-state index contributed by atoms with van der Waals surface area (Å²) in [7, 11) is 0. The Hall–Kier alpha value is -2.53. The zero-order valence-corrected chi connectivity index (χ0v) is 12.2. The van der Waals surface area contributed by atoms with E-state index in [-0.39, 0.29) is 0 Å². The fourth-order valence-corrected chi connectivity index (χ4v) is 3.33. The predicted octanol–water partition coefficient (Wildman–Crippen LogP) is 3.85. The summed E-state index contributed by atoms with van der Waals surface area (Å²) in [5, 5.41) is 5.57. The molecule has 4 aromatic rings. The molecule has 0 N–H and O–H groups in total. The molecule has 0 atom stereocenters. The monoisotopic (exact) mass is 292 g/mol. The molecule has 4 aromatic heterocycles. The van der Waals surface area contributed by atoms with Crippen LogP contribution in [-0.2, 0) is 0 Å². The Morgan fingerprint density at radius 2 is 2.00 bits per heavy atom. The fraction of sp³-hybridized carbons (Fsp3) is 0.0625. The third-order valence-corrected chi connectivity index (χ3v) is 4.36. The molecule has 4 rings (SSSR count). The third-order valence-electron chi connectivity index (χ3n) is 3.28. The largest absolute Gasteiger partial charge is 0.245 e. The molecule has 4 heterocycles. The minimum atomic E-state index is 0.834. The van der Waals surface area contributed by atoms with Gasteiger partial charge in [0, 0.05) is 17.3 Å². The highest BCUT2D eigenvalue weighted by Gasteiger charge is 2.12. The molecule has 0 spiro atoms. The van der Waals surface area contributed by atoms with Gasteiger partial charge < -0.3 is 0 Å². The summed E-state index contributed by atoms with van der Waals surface area (Å²) in [5.41, 5.74) is 2.02. The first-order valence-electron chi connectivity index (χ1n) is 6.64. The molecule has 0 fully saturated rings. The predicted molar refractivity (Wildman–Crippen MR) is 84.7 cm³/mol. The number of aryl methyl sites for hydroxylation is 1. The van der Waals surface area contributed by atoms with E-state index in [1.165, 1.54) is 0 Å². The van der Waals surface area contributed by atoms with Gasteiger partial charge in [-0.2, -0.15) is 5.10 Å². The molecule has 0 saturated heterocycles. The number of aromatic nitrogens is 4. The molecule has 0 aliphatic rings. The van der Waals surface area contributed by atoms with Crippen LogP contribution >= 0.6 is 11.3 Å². The second kappa shape index (κ2) is 4.79. The number of thiophene rings is 1. The van der Waals surface area contributed by atoms with Crippen molar-refractivity contribution in [2.45, 2.75) is 6.92 Å². The molecule has 102 valence electrons. The van der Waals surface area contributed by atoms with Crippen LogP contribution in [0.2, 0.25) is 0 Å². The number of hydrogen-bond donors (Lipinski definition) is 0. The summed E-state index contributed by atoms with van der Waals surface area (Å²) in [6, 6.07) is 14.1. The normalized spacial score (nSPS) is 11.1. The summed E-state index contributed by atoms with van der Waals surface area (Å²) in [6.45, 7) is 1.98. The lowest BCUT2D eigenvalue weighted by Crippen LogP contribution is -2.01. The molecule has 0 bridgehead atoms. The molecule has 0 aliphatic carbocycles. The van der Waals surface area contributed by atoms with Crippen LogP contribution in [0, 0.1) is 6.92 Å². The van der Waals surface area contributed by atoms with Gasteiger partial charge in [0.25, 0.3) is 0 Å². The Morgan fingerprint density at radius 3 is 2.86 bits per heavy atom. The Labute approximate surface area is 125 Å². The highest BCUT2D eigenvalue weighted by Crippen LogP contribution is 2.32. The van der Waals surface area contributed by atoms with Crippen molar-refractivity contribution in [2.75, 3.05) is 0 Å². The van der Waals surface area contributed by atoms with Crippen LogP contribution in [0.1, 0.15) is 5.69 Å². The maximum absolute atomic E-state index is 4.55. The number of rotatable bonds is 2. The molecule has 0 unspecified atom stereocenters. The van der Waals surface area contributed by atoms with Crippen molar-refractivity contribution in [3.8, 4) is 16.4 Å². The zero-order valence-electron chi connectivity index (χ0n) is 11.4. The second-order valence-electron chi connectivity index (χ2n) is 4.77. The molecular formula is C16H12N4S. The van der Waals surface area contributed by atoms with Gasteiger partial charge in [0.05, 0.1) is 16.8 Å². The number of pyridine rings is 2. The highest BCUT2D eigenvalue weighted by molar-refractivity contribution is 7.21. The van der Waals surface area contributed by atoms with Gasteiger partial charge in [0.15, 0.2) is 5.82 Å². The van der Waals surface area contributed by atoms with E-state index >= 15 is 0 Å². The summed E-state index contributed by atoms with van der Waals surface area (Å²) >= 11 is 1.67. The van der Waals surface area contributed by atoms with E-state index in [1.54, 1.807) is 17.5 Å². The molecule has 0 aliphatic heterocycles. The first-order chi connectivity index (χ1) is 10.3. The van der Waals surface area contributed by atoms with E-state index in [0.29, 0.717) is 0 Å². The van der Waals surface area contributed by atoms with Crippen LogP contribution in [0.5, 0.6) is 0 Å². The Bertz CT molecular complexity index is 890. The van der Waals surface area contributed by atoms with Gasteiger partial charge in [-0.05, 0) is 37.3 Å². The van der Waals surface area contributed by atoms with E-state index in [4.69, 9.17) is 0 Å². The molecule has 0 aromatic carbocycles. The van der Waals surface area contributed by atoms with Gasteiger partial charge in [0.1, 0.15) is 4.83 Å². The van der Waals surface area contributed by atoms with Crippen LogP contribution < -0.4 is 0 Å². The lowest BCUT2D eigenvalue weighted by atomic mass is 10.3. The maximum atomic E-state index is 4.55. The summed E-state index contributed by atoms with van der Waals surface area (Å²) in [6.07, 6.45) is 3.62. The standard InChI is InChI=1S/C16H12N4S/c1-11-4-2-6-15(19-11)20-13(7-9-18-20)14-10-12-5-3-8-17-16(12)21-14/h2-10H,1H3. The van der Waals surface area contributed by atoms with Gasteiger partial charge in [-0.15, -0.1) is 11.3 Å². The fourth-order valence-electron chi connectivity index (χ4n) is 2.32. The molecule has 5 heteroatoms. The SMILES string of the molecule is Cc1cccc(-n2nccc2-c2cc3cccnc3s2)n1. The average molecular weight is 292 g/mol. The van der Waals surface area contributed by atoms with Crippen molar-refractivity contribution in [3.05, 3.63) is 60.6 Å². The van der Waals surface area contributed by atoms with Crippen molar-refractivity contribution < 1.29 is 0 Å². The van der Waals surface area contributed by atoms with Crippen molar-refractivity contribution in [1.82, 2.24) is 19.7 Å². The van der Waals surface area contributed by atoms with Crippen molar-refractivity contribution in [1.29, 1.82) is 0 Å². The maximum Gasteiger partial charge on any atom is 0.154 e. The van der Waals surface area contributed by atoms with Crippen LogP contribution in [0.25, 0.3) is 26.6 Å².